The molecule has 0 aliphatic carbocycles. The Labute approximate surface area is 83.0 Å². The molecule has 0 unspecified atom stereocenters. The summed E-state index contributed by atoms with van der Waals surface area (Å²) in [5, 5.41) is 0. The molecule has 0 aromatic carbocycles. The maximum Gasteiger partial charge on any atom is 1.00 e. The van der Waals surface area contributed by atoms with Crippen LogP contribution in [-0.2, 0) is 41.2 Å². The summed E-state index contributed by atoms with van der Waals surface area (Å²) < 4.78 is 0. The molecule has 0 atom stereocenters. The zero-order valence-corrected chi connectivity index (χ0v) is 8.74. The Kier molecular flexibility index (Phi) is 2720. The van der Waals surface area contributed by atoms with Crippen molar-refractivity contribution >= 4 is 0 Å². The van der Waals surface area contributed by atoms with Crippen molar-refractivity contribution in [3.63, 3.8) is 0 Å². The zero-order chi connectivity index (χ0) is 0. The molecule has 0 saturated carbocycles. The minimum atomic E-state index is 0. The molecule has 0 aliphatic rings. The van der Waals surface area contributed by atoms with Crippen molar-refractivity contribution in [2.24, 2.45) is 0 Å². The van der Waals surface area contributed by atoms with E-state index in [4.69, 9.17) is 0 Å². The van der Waals surface area contributed by atoms with Crippen LogP contribution in [0.5, 0.6) is 0 Å². The molecule has 0 saturated heterocycles. The summed E-state index contributed by atoms with van der Waals surface area (Å²) in [5.41, 5.74) is 0. The maximum absolute atomic E-state index is 0. The summed E-state index contributed by atoms with van der Waals surface area (Å²) in [6.45, 7) is 0. The summed E-state index contributed by atoms with van der Waals surface area (Å²) >= 11 is 0. The largest absolute Gasteiger partial charge is 1.00 e. The summed E-state index contributed by atoms with van der Waals surface area (Å²) in [6, 6.07) is 0. The van der Waals surface area contributed by atoms with E-state index in [1.807, 2.05) is 0 Å². The van der Waals surface area contributed by atoms with Crippen LogP contribution in [0.15, 0.2) is 0 Å². The van der Waals surface area contributed by atoms with E-state index < -0.39 is 0 Å². The fourth-order valence-electron chi connectivity index (χ4n) is 0. The molecule has 0 aliphatic heterocycles. The molecule has 0 aromatic heterocycles. The van der Waals surface area contributed by atoms with Crippen LogP contribution >= 0.6 is 0 Å². The Morgan fingerprint density at radius 1 is 0.714 bits per heavy atom. The Hall–Kier alpha value is 1.78. The Bertz CT molecular complexity index is 16.0. The van der Waals surface area contributed by atoms with Gasteiger partial charge in [-0.25, -0.2) is 0 Å². The van der Waals surface area contributed by atoms with Gasteiger partial charge >= 0.3 is 18.9 Å². The van der Waals surface area contributed by atoms with Gasteiger partial charge in [-0.15, -0.1) is 0 Å². The zero-order valence-electron chi connectivity index (χ0n) is 5.21. The fraction of sp³-hybridized carbons (Fsp3) is 0. The molecule has 7 heteroatoms. The monoisotopic (exact) mass is 192 g/mol. The summed E-state index contributed by atoms with van der Waals surface area (Å²) in [4.78, 5) is 0. The van der Waals surface area contributed by atoms with E-state index in [-0.39, 0.29) is 83.4 Å². The number of hydrogen-bond acceptors (Lipinski definition) is 0. The van der Waals surface area contributed by atoms with Crippen molar-refractivity contribution in [2.75, 3.05) is 0 Å². The first-order chi connectivity index (χ1) is 0. The van der Waals surface area contributed by atoms with Gasteiger partial charge in [0.1, 0.15) is 0 Å². The predicted molar refractivity (Wildman–Crippen MR) is 15.6 cm³/mol. The molecule has 0 heterocycles. The van der Waals surface area contributed by atoms with Crippen molar-refractivity contribution in [2.45, 2.75) is 0 Å². The van der Waals surface area contributed by atoms with Gasteiger partial charge in [-0.1, -0.05) is 0 Å². The van der Waals surface area contributed by atoms with E-state index in [0.717, 1.165) is 0 Å². The average Bonchev–Trinajstić information content (AvgIpc) is 0. The molecule has 0 bridgehead atoms. The molecule has 0 radical (unpaired) electrons. The van der Waals surface area contributed by atoms with Crippen LogP contribution in [0.3, 0.4) is 0 Å². The van der Waals surface area contributed by atoms with E-state index >= 15 is 0 Å². The molecule has 0 rings (SSSR count). The van der Waals surface area contributed by atoms with E-state index in [9.17, 15) is 0 Å². The minimum Gasteiger partial charge on any atom is -1.00 e. The van der Waals surface area contributed by atoms with Gasteiger partial charge in [-0.05, 0) is 0 Å². The average molecular weight is 193 g/mol. The second-order valence-corrected chi connectivity index (χ2v) is 0. The van der Waals surface area contributed by atoms with Crippen molar-refractivity contribution in [3.05, 3.63) is 0 Å². The maximum atomic E-state index is 0. The molecule has 0 amide bonds. The van der Waals surface area contributed by atoms with Crippen LogP contribution in [0.25, 0.3) is 0 Å². The molecule has 7 heavy (non-hydrogen) atoms. The van der Waals surface area contributed by atoms with Crippen LogP contribution in [0.4, 0.5) is 0 Å². The molecular weight excluding hydrogens is 184 g/mol. The smallest absolute Gasteiger partial charge is 1.00 e. The molecule has 0 fully saturated rings. The topological polar surface area (TPSA) is 126 Å². The van der Waals surface area contributed by atoms with Crippen LogP contribution < -0.4 is 18.9 Å². The van der Waals surface area contributed by atoms with Gasteiger partial charge in [-0.3, -0.25) is 0 Å². The van der Waals surface area contributed by atoms with E-state index in [2.05, 4.69) is 0 Å². The second-order valence-electron chi connectivity index (χ2n) is 0. The summed E-state index contributed by atoms with van der Waals surface area (Å²) in [5.74, 6) is 0. The van der Waals surface area contributed by atoms with Crippen molar-refractivity contribution in [3.8, 4) is 0 Å². The van der Waals surface area contributed by atoms with Gasteiger partial charge in [0.25, 0.3) is 0 Å². The van der Waals surface area contributed by atoms with Gasteiger partial charge in [0.2, 0.25) is 0 Å². The quantitative estimate of drug-likeness (QED) is 0.339. The third-order valence-electron chi connectivity index (χ3n) is 0. The first-order valence-corrected chi connectivity index (χ1v) is 0. The van der Waals surface area contributed by atoms with Gasteiger partial charge in [0, 0.05) is 41.2 Å². The first kappa shape index (κ1) is 168. The van der Waals surface area contributed by atoms with Crippen LogP contribution in [0, 0.1) is 0 Å². The Morgan fingerprint density at radius 2 is 0.714 bits per heavy atom. The molecular formula is H9LiO4TiZn. The summed E-state index contributed by atoms with van der Waals surface area (Å²) in [7, 11) is 0. The van der Waals surface area contributed by atoms with E-state index in [1.54, 1.807) is 0 Å². The molecule has 0 spiro atoms. The van der Waals surface area contributed by atoms with Crippen LogP contribution in [0.2, 0.25) is 0 Å². The van der Waals surface area contributed by atoms with E-state index in [1.165, 1.54) is 0 Å². The molecule has 40 valence electrons. The minimum absolute atomic E-state index is 0. The van der Waals surface area contributed by atoms with Gasteiger partial charge < -0.3 is 23.3 Å². The Balaban J connectivity index is 0. The summed E-state index contributed by atoms with van der Waals surface area (Å²) in [6.07, 6.45) is 0. The number of rotatable bonds is 0. The third kappa shape index (κ3) is 82.3. The van der Waals surface area contributed by atoms with Gasteiger partial charge in [-0.2, -0.15) is 0 Å². The number of hydrogen-bond donors (Lipinski definition) is 0. The van der Waals surface area contributed by atoms with Gasteiger partial charge in [0.15, 0.2) is 0 Å². The first-order valence-electron chi connectivity index (χ1n) is 0. The van der Waals surface area contributed by atoms with Crippen LogP contribution in [-0.4, -0.2) is 21.9 Å². The predicted octanol–water partition coefficient (Wildman–Crippen LogP) is -6.19. The molecule has 0 aromatic rings. The van der Waals surface area contributed by atoms with Crippen molar-refractivity contribution < 1.29 is 83.4 Å². The normalized spacial score (nSPS) is 0. The van der Waals surface area contributed by atoms with Crippen LogP contribution in [0.1, 0.15) is 1.43 Å². The third-order valence-corrected chi connectivity index (χ3v) is 0. The van der Waals surface area contributed by atoms with Gasteiger partial charge in [0.05, 0.1) is 0 Å². The Morgan fingerprint density at radius 3 is 0.714 bits per heavy atom. The van der Waals surface area contributed by atoms with Crippen molar-refractivity contribution in [1.82, 2.24) is 0 Å². The second kappa shape index (κ2) is 113. The van der Waals surface area contributed by atoms with Crippen molar-refractivity contribution in [1.29, 1.82) is 0 Å². The molecule has 8 N–H and O–H groups in total. The SMILES string of the molecule is O.O.O.O.[H-].[Li+].[Ti].[Zn]. The molecule has 4 nitrogen and oxygen atoms in total. The van der Waals surface area contributed by atoms with E-state index in [0.29, 0.717) is 0 Å². The fourth-order valence-corrected chi connectivity index (χ4v) is 0. The standard InChI is InChI=1S/Li.4H2O.Ti.Zn.H/h;4*1H2;;;/q+1;;;;;;;-1.